The maximum Gasteiger partial charge on any atom is 0.220 e. The van der Waals surface area contributed by atoms with Crippen molar-refractivity contribution in [3.8, 4) is 12.3 Å². The lowest BCUT2D eigenvalue weighted by atomic mass is 10.1. The monoisotopic (exact) mass is 201 g/mol. The third kappa shape index (κ3) is 4.87. The molecule has 0 aliphatic carbocycles. The first-order valence-corrected chi connectivity index (χ1v) is 5.07. The summed E-state index contributed by atoms with van der Waals surface area (Å²) in [7, 11) is 0. The van der Waals surface area contributed by atoms with E-state index in [0.717, 1.165) is 12.8 Å². The van der Waals surface area contributed by atoms with Gasteiger partial charge in [0.05, 0.1) is 6.54 Å². The second kappa shape index (κ2) is 6.67. The molecule has 2 nitrogen and oxygen atoms in total. The second-order valence-corrected chi connectivity index (χ2v) is 3.32. The van der Waals surface area contributed by atoms with E-state index in [1.807, 2.05) is 18.2 Å². The molecule has 0 aliphatic rings. The van der Waals surface area contributed by atoms with E-state index in [2.05, 4.69) is 23.4 Å². The van der Waals surface area contributed by atoms with Crippen LogP contribution in [0.25, 0.3) is 0 Å². The predicted molar refractivity (Wildman–Crippen MR) is 61.2 cm³/mol. The Balaban J connectivity index is 2.17. The van der Waals surface area contributed by atoms with E-state index in [1.54, 1.807) is 0 Å². The zero-order valence-electron chi connectivity index (χ0n) is 8.70. The number of amides is 1. The zero-order chi connectivity index (χ0) is 10.9. The van der Waals surface area contributed by atoms with Crippen molar-refractivity contribution in [3.63, 3.8) is 0 Å². The second-order valence-electron chi connectivity index (χ2n) is 3.32. The smallest absolute Gasteiger partial charge is 0.220 e. The minimum Gasteiger partial charge on any atom is -0.345 e. The molecule has 0 radical (unpaired) electrons. The maximum atomic E-state index is 11.2. The van der Waals surface area contributed by atoms with Gasteiger partial charge < -0.3 is 5.32 Å². The molecule has 0 atom stereocenters. The van der Waals surface area contributed by atoms with E-state index in [0.29, 0.717) is 13.0 Å². The van der Waals surface area contributed by atoms with E-state index >= 15 is 0 Å². The van der Waals surface area contributed by atoms with Gasteiger partial charge in [0.25, 0.3) is 0 Å². The highest BCUT2D eigenvalue weighted by Crippen LogP contribution is 2.03. The number of terminal acetylenes is 1. The molecular formula is C13H15NO. The van der Waals surface area contributed by atoms with Gasteiger partial charge in [0.15, 0.2) is 0 Å². The quantitative estimate of drug-likeness (QED) is 0.723. The summed E-state index contributed by atoms with van der Waals surface area (Å²) in [6, 6.07) is 10.1. The Morgan fingerprint density at radius 1 is 1.33 bits per heavy atom. The summed E-state index contributed by atoms with van der Waals surface area (Å²) in [5, 5.41) is 2.64. The van der Waals surface area contributed by atoms with Crippen LogP contribution >= 0.6 is 0 Å². The highest BCUT2D eigenvalue weighted by Gasteiger charge is 1.99. The minimum absolute atomic E-state index is 0.0314. The largest absolute Gasteiger partial charge is 0.345 e. The van der Waals surface area contributed by atoms with Gasteiger partial charge in [-0.3, -0.25) is 4.79 Å². The van der Waals surface area contributed by atoms with Crippen LogP contribution in [0.2, 0.25) is 0 Å². The van der Waals surface area contributed by atoms with E-state index < -0.39 is 0 Å². The summed E-state index contributed by atoms with van der Waals surface area (Å²) >= 11 is 0. The number of hydrogen-bond acceptors (Lipinski definition) is 1. The van der Waals surface area contributed by atoms with Crippen molar-refractivity contribution in [1.29, 1.82) is 0 Å². The first kappa shape index (κ1) is 11.3. The minimum atomic E-state index is 0.0314. The molecule has 2 heteroatoms. The summed E-state index contributed by atoms with van der Waals surface area (Å²) < 4.78 is 0. The van der Waals surface area contributed by atoms with Gasteiger partial charge in [0, 0.05) is 6.42 Å². The van der Waals surface area contributed by atoms with E-state index in [9.17, 15) is 4.79 Å². The maximum absolute atomic E-state index is 11.2. The fourth-order valence-electron chi connectivity index (χ4n) is 1.34. The lowest BCUT2D eigenvalue weighted by molar-refractivity contribution is -0.120. The summed E-state index contributed by atoms with van der Waals surface area (Å²) in [6.07, 6.45) is 7.37. The molecule has 0 unspecified atom stereocenters. The van der Waals surface area contributed by atoms with Gasteiger partial charge in [-0.15, -0.1) is 6.42 Å². The molecule has 0 fully saturated rings. The van der Waals surface area contributed by atoms with Crippen LogP contribution in [0.15, 0.2) is 30.3 Å². The molecular weight excluding hydrogens is 186 g/mol. The molecule has 1 aromatic carbocycles. The Kier molecular flexibility index (Phi) is 5.03. The Morgan fingerprint density at radius 2 is 2.07 bits per heavy atom. The van der Waals surface area contributed by atoms with Gasteiger partial charge in [-0.2, -0.15) is 0 Å². The molecule has 1 amide bonds. The predicted octanol–water partition coefficient (Wildman–Crippen LogP) is 1.76. The first-order chi connectivity index (χ1) is 7.33. The van der Waals surface area contributed by atoms with Crippen molar-refractivity contribution in [3.05, 3.63) is 35.9 Å². The van der Waals surface area contributed by atoms with Crippen molar-refractivity contribution < 1.29 is 4.79 Å². The third-order valence-corrected chi connectivity index (χ3v) is 2.10. The molecule has 0 saturated heterocycles. The summed E-state index contributed by atoms with van der Waals surface area (Å²) in [6.45, 7) is 0.324. The van der Waals surface area contributed by atoms with E-state index in [1.165, 1.54) is 5.56 Å². The fraction of sp³-hybridized carbons (Fsp3) is 0.308. The standard InChI is InChI=1S/C13H15NO/c1-2-11-14-13(15)10-6-9-12-7-4-3-5-8-12/h1,3-5,7-8H,6,9-11H2,(H,14,15). The highest BCUT2D eigenvalue weighted by atomic mass is 16.1. The Hall–Kier alpha value is -1.75. The van der Waals surface area contributed by atoms with Gasteiger partial charge in [0.2, 0.25) is 5.91 Å². The molecule has 0 spiro atoms. The number of carbonyl (C=O) groups excluding carboxylic acids is 1. The SMILES string of the molecule is C#CCNC(=O)CCCc1ccccc1. The van der Waals surface area contributed by atoms with Gasteiger partial charge >= 0.3 is 0 Å². The molecule has 0 saturated carbocycles. The van der Waals surface area contributed by atoms with E-state index in [4.69, 9.17) is 6.42 Å². The van der Waals surface area contributed by atoms with Crippen molar-refractivity contribution in [2.45, 2.75) is 19.3 Å². The van der Waals surface area contributed by atoms with Crippen molar-refractivity contribution in [2.75, 3.05) is 6.54 Å². The summed E-state index contributed by atoms with van der Waals surface area (Å²) in [4.78, 5) is 11.2. The highest BCUT2D eigenvalue weighted by molar-refractivity contribution is 5.76. The van der Waals surface area contributed by atoms with Crippen LogP contribution in [-0.2, 0) is 11.2 Å². The van der Waals surface area contributed by atoms with Gasteiger partial charge in [-0.05, 0) is 18.4 Å². The number of carbonyl (C=O) groups is 1. The number of rotatable bonds is 5. The molecule has 0 bridgehead atoms. The van der Waals surface area contributed by atoms with Crippen LogP contribution in [-0.4, -0.2) is 12.5 Å². The molecule has 0 heterocycles. The summed E-state index contributed by atoms with van der Waals surface area (Å²) in [5.41, 5.74) is 1.27. The lowest BCUT2D eigenvalue weighted by Crippen LogP contribution is -2.23. The molecule has 78 valence electrons. The van der Waals surface area contributed by atoms with Crippen LogP contribution in [0.4, 0.5) is 0 Å². The number of hydrogen-bond donors (Lipinski definition) is 1. The normalized spacial score (nSPS) is 9.27. The van der Waals surface area contributed by atoms with Gasteiger partial charge in [0.1, 0.15) is 0 Å². The molecule has 1 rings (SSSR count). The molecule has 0 aliphatic heterocycles. The Labute approximate surface area is 90.7 Å². The van der Waals surface area contributed by atoms with Crippen molar-refractivity contribution in [1.82, 2.24) is 5.32 Å². The number of aryl methyl sites for hydroxylation is 1. The van der Waals surface area contributed by atoms with Crippen LogP contribution in [0.5, 0.6) is 0 Å². The van der Waals surface area contributed by atoms with Crippen LogP contribution in [0, 0.1) is 12.3 Å². The topological polar surface area (TPSA) is 29.1 Å². The van der Waals surface area contributed by atoms with Crippen molar-refractivity contribution >= 4 is 5.91 Å². The molecule has 0 aromatic heterocycles. The number of nitrogens with one attached hydrogen (secondary N) is 1. The molecule has 1 aromatic rings. The Bertz CT molecular complexity index is 337. The van der Waals surface area contributed by atoms with Crippen LogP contribution in [0.3, 0.4) is 0 Å². The zero-order valence-corrected chi connectivity index (χ0v) is 8.70. The molecule has 1 N–H and O–H groups in total. The molecule has 15 heavy (non-hydrogen) atoms. The average Bonchev–Trinajstić information content (AvgIpc) is 2.28. The van der Waals surface area contributed by atoms with Crippen LogP contribution in [0.1, 0.15) is 18.4 Å². The average molecular weight is 201 g/mol. The third-order valence-electron chi connectivity index (χ3n) is 2.10. The van der Waals surface area contributed by atoms with Crippen LogP contribution < -0.4 is 5.32 Å². The summed E-state index contributed by atoms with van der Waals surface area (Å²) in [5.74, 6) is 2.41. The fourth-order valence-corrected chi connectivity index (χ4v) is 1.34. The van der Waals surface area contributed by atoms with Gasteiger partial charge in [-0.1, -0.05) is 36.3 Å². The first-order valence-electron chi connectivity index (χ1n) is 5.07. The number of benzene rings is 1. The Morgan fingerprint density at radius 3 is 2.73 bits per heavy atom. The van der Waals surface area contributed by atoms with Crippen molar-refractivity contribution in [2.24, 2.45) is 0 Å². The van der Waals surface area contributed by atoms with Gasteiger partial charge in [-0.25, -0.2) is 0 Å². The van der Waals surface area contributed by atoms with E-state index in [-0.39, 0.29) is 5.91 Å². The lowest BCUT2D eigenvalue weighted by Gasteiger charge is -2.01.